The van der Waals surface area contributed by atoms with Crippen molar-refractivity contribution in [3.05, 3.63) is 17.7 Å². The minimum atomic E-state index is -1.00. The molecule has 0 saturated heterocycles. The van der Waals surface area contributed by atoms with Crippen LogP contribution in [0.1, 0.15) is 37.6 Å². The number of nitrogens with zero attached hydrogens (tertiary/aromatic N) is 2. The van der Waals surface area contributed by atoms with Crippen LogP contribution >= 0.6 is 0 Å². The van der Waals surface area contributed by atoms with Crippen molar-refractivity contribution in [2.24, 2.45) is 5.73 Å². The predicted molar refractivity (Wildman–Crippen MR) is 71.8 cm³/mol. The highest BCUT2D eigenvalue weighted by Gasteiger charge is 2.36. The van der Waals surface area contributed by atoms with E-state index in [2.05, 4.69) is 9.97 Å². The van der Waals surface area contributed by atoms with Crippen LogP contribution in [0.2, 0.25) is 0 Å². The molecule has 2 unspecified atom stereocenters. The number of carbonyl (C=O) groups excluding carboxylic acids is 1. The third-order valence-corrected chi connectivity index (χ3v) is 3.60. The van der Waals surface area contributed by atoms with Gasteiger partial charge >= 0.3 is 5.97 Å². The Bertz CT molecular complexity index is 500. The van der Waals surface area contributed by atoms with Crippen molar-refractivity contribution in [2.75, 3.05) is 0 Å². The first kappa shape index (κ1) is 14.5. The predicted octanol–water partition coefficient (Wildman–Crippen LogP) is 0.265. The number of carbonyl (C=O) groups is 2. The molecule has 2 rings (SSSR count). The first-order valence-electron chi connectivity index (χ1n) is 6.81. The van der Waals surface area contributed by atoms with Gasteiger partial charge in [0, 0.05) is 18.9 Å². The van der Waals surface area contributed by atoms with Crippen molar-refractivity contribution in [3.63, 3.8) is 0 Å². The van der Waals surface area contributed by atoms with E-state index in [0.29, 0.717) is 0 Å². The van der Waals surface area contributed by atoms with E-state index in [-0.39, 0.29) is 31.3 Å². The van der Waals surface area contributed by atoms with Crippen LogP contribution in [-0.2, 0) is 22.6 Å². The van der Waals surface area contributed by atoms with E-state index >= 15 is 0 Å². The zero-order valence-corrected chi connectivity index (χ0v) is 11.5. The molecule has 0 bridgehead atoms. The number of fused-ring (bicyclic) bond motifs is 1. The summed E-state index contributed by atoms with van der Waals surface area (Å²) in [6.07, 6.45) is 3.61. The second kappa shape index (κ2) is 6.04. The third kappa shape index (κ3) is 2.98. The molecule has 1 amide bonds. The Morgan fingerprint density at radius 2 is 2.40 bits per heavy atom. The summed E-state index contributed by atoms with van der Waals surface area (Å²) < 4.78 is 0. The molecule has 20 heavy (non-hydrogen) atoms. The van der Waals surface area contributed by atoms with Crippen LogP contribution < -0.4 is 5.73 Å². The van der Waals surface area contributed by atoms with Crippen molar-refractivity contribution in [1.29, 1.82) is 0 Å². The summed E-state index contributed by atoms with van der Waals surface area (Å²) in [5.41, 5.74) is 7.40. The number of carboxylic acids is 1. The minimum Gasteiger partial charge on any atom is -0.480 e. The lowest BCUT2D eigenvalue weighted by atomic mass is 10.0. The molecule has 0 aromatic carbocycles. The van der Waals surface area contributed by atoms with Crippen molar-refractivity contribution in [2.45, 2.75) is 51.2 Å². The summed E-state index contributed by atoms with van der Waals surface area (Å²) >= 11 is 0. The first-order valence-corrected chi connectivity index (χ1v) is 6.81. The number of aromatic amines is 1. The molecule has 1 aromatic heterocycles. The molecule has 0 saturated carbocycles. The maximum Gasteiger partial charge on any atom is 0.326 e. The number of hydrogen-bond donors (Lipinski definition) is 3. The average Bonchev–Trinajstić information content (AvgIpc) is 2.84. The van der Waals surface area contributed by atoms with E-state index in [1.165, 1.54) is 11.2 Å². The van der Waals surface area contributed by atoms with Crippen LogP contribution in [0.15, 0.2) is 6.33 Å². The van der Waals surface area contributed by atoms with Crippen LogP contribution in [0.25, 0.3) is 0 Å². The minimum absolute atomic E-state index is 0.182. The molecule has 2 heterocycles. The fourth-order valence-electron chi connectivity index (χ4n) is 2.53. The monoisotopic (exact) mass is 280 g/mol. The summed E-state index contributed by atoms with van der Waals surface area (Å²) in [5.74, 6) is -1.21. The van der Waals surface area contributed by atoms with Gasteiger partial charge in [-0.1, -0.05) is 13.3 Å². The molecule has 0 radical (unpaired) electrons. The number of aromatic nitrogens is 2. The van der Waals surface area contributed by atoms with E-state index < -0.39 is 12.0 Å². The Morgan fingerprint density at radius 3 is 3.05 bits per heavy atom. The number of nitrogens with two attached hydrogens (primary N) is 1. The summed E-state index contributed by atoms with van der Waals surface area (Å²) in [4.78, 5) is 32.1. The quantitative estimate of drug-likeness (QED) is 0.716. The fraction of sp³-hybridized carbons (Fsp3) is 0.615. The van der Waals surface area contributed by atoms with Crippen LogP contribution in [-0.4, -0.2) is 43.9 Å². The molecule has 7 nitrogen and oxygen atoms in total. The van der Waals surface area contributed by atoms with E-state index in [1.807, 2.05) is 6.92 Å². The van der Waals surface area contributed by atoms with Crippen molar-refractivity contribution in [1.82, 2.24) is 14.9 Å². The maximum absolute atomic E-state index is 12.3. The molecule has 110 valence electrons. The molecule has 0 aliphatic carbocycles. The summed E-state index contributed by atoms with van der Waals surface area (Å²) in [6, 6.07) is -1.07. The Balaban J connectivity index is 2.12. The van der Waals surface area contributed by atoms with E-state index in [1.54, 1.807) is 0 Å². The average molecular weight is 280 g/mol. The number of hydrogen-bond acceptors (Lipinski definition) is 4. The van der Waals surface area contributed by atoms with Gasteiger partial charge in [0.2, 0.25) is 5.91 Å². The van der Waals surface area contributed by atoms with Crippen molar-refractivity contribution in [3.8, 4) is 0 Å². The zero-order valence-electron chi connectivity index (χ0n) is 11.5. The number of aliphatic carboxylic acids is 1. The highest BCUT2D eigenvalue weighted by molar-refractivity contribution is 5.84. The molecule has 1 aliphatic heterocycles. The lowest BCUT2D eigenvalue weighted by molar-refractivity contribution is -0.151. The van der Waals surface area contributed by atoms with Gasteiger partial charge in [-0.2, -0.15) is 0 Å². The van der Waals surface area contributed by atoms with Gasteiger partial charge in [0.25, 0.3) is 0 Å². The van der Waals surface area contributed by atoms with E-state index in [0.717, 1.165) is 24.2 Å². The summed E-state index contributed by atoms with van der Waals surface area (Å²) in [5, 5.41) is 9.30. The van der Waals surface area contributed by atoms with Crippen LogP contribution in [0.4, 0.5) is 0 Å². The van der Waals surface area contributed by atoms with Gasteiger partial charge in [0.1, 0.15) is 6.04 Å². The lowest BCUT2D eigenvalue weighted by Crippen LogP contribution is -2.49. The highest BCUT2D eigenvalue weighted by atomic mass is 16.4. The molecular formula is C13H20N4O3. The zero-order chi connectivity index (χ0) is 14.7. The fourth-order valence-corrected chi connectivity index (χ4v) is 2.53. The second-order valence-corrected chi connectivity index (χ2v) is 5.16. The second-order valence-electron chi connectivity index (χ2n) is 5.16. The third-order valence-electron chi connectivity index (χ3n) is 3.60. The highest BCUT2D eigenvalue weighted by Crippen LogP contribution is 2.22. The molecule has 2 atom stereocenters. The Kier molecular flexibility index (Phi) is 4.39. The number of rotatable bonds is 5. The molecule has 1 aliphatic rings. The normalized spacial score (nSPS) is 19.5. The molecule has 0 fully saturated rings. The Morgan fingerprint density at radius 1 is 1.65 bits per heavy atom. The molecular weight excluding hydrogens is 260 g/mol. The molecule has 0 spiro atoms. The largest absolute Gasteiger partial charge is 0.480 e. The van der Waals surface area contributed by atoms with E-state index in [9.17, 15) is 14.7 Å². The molecule has 4 N–H and O–H groups in total. The number of carboxylic acid groups (broad SMARTS) is 1. The number of amides is 1. The first-order chi connectivity index (χ1) is 9.52. The summed E-state index contributed by atoms with van der Waals surface area (Å²) in [7, 11) is 0. The standard InChI is InChI=1S/C13H20N4O3/c1-2-3-8(14)4-12(18)17-6-10-9(15-7-16-10)5-11(17)13(19)20/h7-8,11H,2-6,14H2,1H3,(H,15,16)(H,19,20). The van der Waals surface area contributed by atoms with Crippen LogP contribution in [0.5, 0.6) is 0 Å². The number of H-pyrrole nitrogens is 1. The SMILES string of the molecule is CCCC(N)CC(=O)N1Cc2[nH]cnc2CC1C(=O)O. The Hall–Kier alpha value is -1.89. The van der Waals surface area contributed by atoms with Gasteiger partial charge in [-0.05, 0) is 6.42 Å². The number of imidazole rings is 1. The van der Waals surface area contributed by atoms with Crippen molar-refractivity contribution < 1.29 is 14.7 Å². The topological polar surface area (TPSA) is 112 Å². The van der Waals surface area contributed by atoms with Crippen molar-refractivity contribution >= 4 is 11.9 Å². The van der Waals surface area contributed by atoms with Gasteiger partial charge in [0.15, 0.2) is 0 Å². The molecule has 7 heteroatoms. The van der Waals surface area contributed by atoms with Gasteiger partial charge in [-0.15, -0.1) is 0 Å². The molecule has 1 aromatic rings. The Labute approximate surface area is 117 Å². The lowest BCUT2D eigenvalue weighted by Gasteiger charge is -2.33. The van der Waals surface area contributed by atoms with Gasteiger partial charge in [-0.25, -0.2) is 9.78 Å². The van der Waals surface area contributed by atoms with E-state index in [4.69, 9.17) is 5.73 Å². The summed E-state index contributed by atoms with van der Waals surface area (Å²) in [6.45, 7) is 2.26. The van der Waals surface area contributed by atoms with Gasteiger partial charge in [0.05, 0.1) is 24.3 Å². The van der Waals surface area contributed by atoms with Crippen LogP contribution in [0.3, 0.4) is 0 Å². The maximum atomic E-state index is 12.3. The smallest absolute Gasteiger partial charge is 0.326 e. The van der Waals surface area contributed by atoms with Gasteiger partial charge in [-0.3, -0.25) is 4.79 Å². The number of nitrogens with one attached hydrogen (secondary N) is 1. The van der Waals surface area contributed by atoms with Crippen LogP contribution in [0, 0.1) is 0 Å². The van der Waals surface area contributed by atoms with Gasteiger partial charge < -0.3 is 20.7 Å².